The van der Waals surface area contributed by atoms with E-state index >= 15 is 0 Å². The minimum atomic E-state index is 0. The van der Waals surface area contributed by atoms with Crippen LogP contribution in [-0.2, 0) is 0 Å². The van der Waals surface area contributed by atoms with Gasteiger partial charge in [0.2, 0.25) is 0 Å². The molecule has 0 nitrogen and oxygen atoms in total. The first-order valence-corrected chi connectivity index (χ1v) is 23.0. The molecule has 0 bridgehead atoms. The first kappa shape index (κ1) is 2470. The Hall–Kier alpha value is 0. The summed E-state index contributed by atoms with van der Waals surface area (Å²) < 4.78 is 0. The fourth-order valence-electron chi connectivity index (χ4n) is 0. The first-order chi connectivity index (χ1) is 23.0. The monoisotopic (exact) mass is 1720 g/mol. The largest absolute Gasteiger partial charge is 0.0776 e. The molecule has 0 N–H and O–H groups in total. The molecule has 0 aromatic carbocycles. The van der Waals surface area contributed by atoms with Crippen LogP contribution in [0.1, 0.15) is 794 Å². The van der Waals surface area contributed by atoms with Crippen LogP contribution in [-0.4, -0.2) is 0 Å². The van der Waals surface area contributed by atoms with E-state index in [1.165, 1.54) is 0 Å². The normalized spacial score (nSPS) is 1.25. The van der Waals surface area contributed by atoms with E-state index in [1.807, 2.05) is 318 Å². The standard InChI is InChI=1S/23C2H6.64CH4/c23*1-2;;;;;;;;;;;;;;;;;;;;;;;;;;;;;;;;;;;;;;;;;;;;;;;;;;;;;;;;;;;;;;;;/h23*1-2H3;64*1H4. The van der Waals surface area contributed by atoms with Crippen molar-refractivity contribution >= 4 is 0 Å². The van der Waals surface area contributed by atoms with Gasteiger partial charge in [-0.1, -0.05) is 794 Å². The van der Waals surface area contributed by atoms with Crippen molar-refractivity contribution in [2.24, 2.45) is 0 Å². The molecule has 0 unspecified atom stereocenters. The summed E-state index contributed by atoms with van der Waals surface area (Å²) in [6.07, 6.45) is 0. The minimum Gasteiger partial charge on any atom is -0.0776 e. The Balaban J connectivity index is -0.000000000576. The molecule has 110 heavy (non-hydrogen) atoms. The lowest BCUT2D eigenvalue weighted by Crippen LogP contribution is -0.856. The highest BCUT2D eigenvalue weighted by molar-refractivity contribution is 3.55. The molecule has 0 aliphatic carbocycles. The van der Waals surface area contributed by atoms with Crippen molar-refractivity contribution in [1.82, 2.24) is 0 Å². The van der Waals surface area contributed by atoms with Gasteiger partial charge in [0.25, 0.3) is 0 Å². The molecule has 834 valence electrons. The van der Waals surface area contributed by atoms with Crippen molar-refractivity contribution in [3.8, 4) is 0 Å². The van der Waals surface area contributed by atoms with Gasteiger partial charge >= 0.3 is 0 Å². The quantitative estimate of drug-likeness (QED) is 0.227. The molecule has 0 aliphatic rings. The molecule has 0 aromatic heterocycles. The van der Waals surface area contributed by atoms with Crippen LogP contribution in [0.3, 0.4) is 0 Å². The Morgan fingerprint density at radius 2 is 0.0273 bits per heavy atom. The molecule has 0 heterocycles. The van der Waals surface area contributed by atoms with Crippen LogP contribution >= 0.6 is 0 Å². The second-order valence-corrected chi connectivity index (χ2v) is 0. The van der Waals surface area contributed by atoms with Crippen molar-refractivity contribution in [3.63, 3.8) is 0 Å². The Kier molecular flexibility index (Phi) is 0. The topological polar surface area (TPSA) is 0 Å². The van der Waals surface area contributed by atoms with E-state index in [-0.39, 0.29) is 475 Å². The molecule has 0 atom stereocenters. The van der Waals surface area contributed by atoms with Gasteiger partial charge in [0, 0.05) is 0 Å². The highest BCUT2D eigenvalue weighted by Crippen LogP contribution is 1.19. The van der Waals surface area contributed by atoms with Crippen molar-refractivity contribution in [3.05, 3.63) is 0 Å². The second kappa shape index (κ2) is 0. The SMILES string of the molecule is C.C.C.C.C.C.C.C.C.C.C.C.C.C.C.C.C.C.C.C.C.C.C.C.C.C.C.C.C.C.C.C.C.C.C.C.C.C.C.C.C.C.C.C.C.C.C.C.C.C.C.C.C.C.C.C.C.C.C.C.C.C.C.C.CC.CC.CC.CC.CC.CC.CC.CC.CC.CC.CC.CC.CC.CC.CC.CC.CC.CC.CC.CC.CC.CC.CC. The van der Waals surface area contributed by atoms with E-state index < -0.39 is 0 Å². The first-order valence-electron chi connectivity index (χ1n) is 23.0. The van der Waals surface area contributed by atoms with Crippen molar-refractivity contribution in [2.45, 2.75) is 794 Å². The molecule has 0 aromatic rings. The Morgan fingerprint density at radius 1 is 0.0273 bits per heavy atom. The van der Waals surface area contributed by atoms with Gasteiger partial charge in [-0.15, -0.1) is 0 Å². The molecule has 0 radical (unpaired) electrons. The van der Waals surface area contributed by atoms with Crippen LogP contribution in [0.2, 0.25) is 0 Å². The molecule has 0 amide bonds. The van der Waals surface area contributed by atoms with Gasteiger partial charge in [-0.25, -0.2) is 0 Å². The fourth-order valence-corrected chi connectivity index (χ4v) is 0. The molecular weight excluding hydrogens is 1320 g/mol. The third-order valence-corrected chi connectivity index (χ3v) is 0. The van der Waals surface area contributed by atoms with Gasteiger partial charge in [0.1, 0.15) is 0 Å². The number of hydrogen-bond acceptors (Lipinski definition) is 0. The lowest BCUT2D eigenvalue weighted by molar-refractivity contribution is 1.50. The molecule has 0 aliphatic heterocycles. The third kappa shape index (κ3) is 0. The van der Waals surface area contributed by atoms with E-state index in [0.29, 0.717) is 0 Å². The summed E-state index contributed by atoms with van der Waals surface area (Å²) in [4.78, 5) is 0. The second-order valence-electron chi connectivity index (χ2n) is 0. The Morgan fingerprint density at radius 3 is 0.0273 bits per heavy atom. The number of rotatable bonds is 0. The van der Waals surface area contributed by atoms with Crippen LogP contribution in [0.25, 0.3) is 0 Å². The molecule has 0 saturated heterocycles. The summed E-state index contributed by atoms with van der Waals surface area (Å²) >= 11 is 0. The van der Waals surface area contributed by atoms with E-state index in [2.05, 4.69) is 0 Å². The molecule has 0 spiro atoms. The highest BCUT2D eigenvalue weighted by atomic mass is 13.1. The van der Waals surface area contributed by atoms with Crippen LogP contribution in [0.5, 0.6) is 0 Å². The molecule has 0 saturated carbocycles. The van der Waals surface area contributed by atoms with E-state index in [0.717, 1.165) is 0 Å². The minimum absolute atomic E-state index is 0. The Bertz CT molecular complexity index is 0. The highest BCUT2D eigenvalue weighted by Gasteiger charge is 0.979. The zero-order valence-corrected chi connectivity index (χ0v) is 46.0. The zero-order valence-electron chi connectivity index (χ0n) is 46.0. The van der Waals surface area contributed by atoms with Crippen LogP contribution in [0.4, 0.5) is 0 Å². The maximum absolute atomic E-state index is 2.00. The smallest absolute Gasteiger partial charge is 0.0683 e. The maximum Gasteiger partial charge on any atom is -0.0683 e. The predicted molar refractivity (Wildman–Crippen MR) is 692 cm³/mol. The Labute approximate surface area is 789 Å². The molecule has 0 fully saturated rings. The number of hydrogen-bond donors (Lipinski definition) is 0. The summed E-state index contributed by atoms with van der Waals surface area (Å²) in [7, 11) is 0. The summed E-state index contributed by atoms with van der Waals surface area (Å²) in [6.45, 7) is 92.0. The maximum atomic E-state index is 2.00. The van der Waals surface area contributed by atoms with Crippen LogP contribution in [0.15, 0.2) is 0 Å². The lowest BCUT2D eigenvalue weighted by atomic mass is 11.0. The van der Waals surface area contributed by atoms with Gasteiger partial charge in [-0.05, 0) is 0 Å². The van der Waals surface area contributed by atoms with Crippen molar-refractivity contribution in [2.75, 3.05) is 0 Å². The fraction of sp³-hybridized carbons (Fsp3) is 1.00. The van der Waals surface area contributed by atoms with Gasteiger partial charge in [-0.3, -0.25) is 0 Å². The molecule has 0 heteroatoms. The van der Waals surface area contributed by atoms with Gasteiger partial charge in [0.05, 0.1) is 0 Å². The molecule has 0 rings (SSSR count). The van der Waals surface area contributed by atoms with Crippen LogP contribution < -0.4 is 0 Å². The summed E-state index contributed by atoms with van der Waals surface area (Å²) in [5.74, 6) is 0. The zero-order chi connectivity index (χ0) is 46.0. The third-order valence-electron chi connectivity index (χ3n) is 0. The average Bonchev–Trinajstić information content (AvgIpc) is 3.31. The van der Waals surface area contributed by atoms with E-state index in [1.54, 1.807) is 0 Å². The predicted octanol–water partition coefficient (Wildman–Crippen LogP) is 64.3. The summed E-state index contributed by atoms with van der Waals surface area (Å²) in [5, 5.41) is 0. The average molecular weight is 1720 g/mol. The summed E-state index contributed by atoms with van der Waals surface area (Å²) in [6, 6.07) is 0. The lowest BCUT2D eigenvalue weighted by Gasteiger charge is -1.07. The summed E-state index contributed by atoms with van der Waals surface area (Å²) in [5.41, 5.74) is 0. The van der Waals surface area contributed by atoms with E-state index in [4.69, 9.17) is 0 Å². The van der Waals surface area contributed by atoms with Gasteiger partial charge in [0.15, 0.2) is 0 Å². The van der Waals surface area contributed by atoms with Crippen LogP contribution in [0, 0.1) is 0 Å². The van der Waals surface area contributed by atoms with Crippen molar-refractivity contribution < 1.29 is 0 Å². The van der Waals surface area contributed by atoms with Gasteiger partial charge < -0.3 is 0 Å². The van der Waals surface area contributed by atoms with Gasteiger partial charge in [-0.2, -0.15) is 0 Å². The van der Waals surface area contributed by atoms with Crippen molar-refractivity contribution in [1.29, 1.82) is 0 Å². The van der Waals surface area contributed by atoms with E-state index in [9.17, 15) is 0 Å². The molecular formula is C110H394.